The van der Waals surface area contributed by atoms with E-state index in [2.05, 4.69) is 15.2 Å². The van der Waals surface area contributed by atoms with Crippen LogP contribution in [0.2, 0.25) is 5.02 Å². The van der Waals surface area contributed by atoms with E-state index >= 15 is 0 Å². The van der Waals surface area contributed by atoms with Crippen LogP contribution in [0.3, 0.4) is 0 Å². The smallest absolute Gasteiger partial charge is 0.303 e. The molecule has 2 aromatic rings. The topological polar surface area (TPSA) is 95.9 Å². The summed E-state index contributed by atoms with van der Waals surface area (Å²) in [7, 11) is 0. The van der Waals surface area contributed by atoms with Gasteiger partial charge in [0.05, 0.1) is 6.42 Å². The second-order valence-electron chi connectivity index (χ2n) is 4.21. The number of nitrogens with zero attached hydrogens (tertiary/aromatic N) is 2. The van der Waals surface area contributed by atoms with Gasteiger partial charge in [-0.15, -0.1) is 10.2 Å². The van der Waals surface area contributed by atoms with Crippen LogP contribution in [0.1, 0.15) is 17.7 Å². The van der Waals surface area contributed by atoms with E-state index in [0.29, 0.717) is 15.9 Å². The molecule has 1 heterocycles. The molecule has 0 saturated carbocycles. The predicted molar refractivity (Wildman–Crippen MR) is 79.6 cm³/mol. The lowest BCUT2D eigenvalue weighted by atomic mass is 10.2. The van der Waals surface area contributed by atoms with Gasteiger partial charge in [-0.05, 0) is 17.7 Å². The van der Waals surface area contributed by atoms with Gasteiger partial charge in [0, 0.05) is 17.2 Å². The van der Waals surface area contributed by atoms with Crippen LogP contribution in [-0.4, -0.2) is 26.3 Å². The van der Waals surface area contributed by atoms with E-state index in [0.717, 1.165) is 5.56 Å². The summed E-state index contributed by atoms with van der Waals surface area (Å²) in [4.78, 5) is 24.8. The second kappa shape index (κ2) is 7.24. The Bertz CT molecular complexity index is 688. The minimum Gasteiger partial charge on any atom is -0.481 e. The lowest BCUT2D eigenvalue weighted by Gasteiger charge is -2.02. The maximum absolute atomic E-state index is 11.7. The summed E-state index contributed by atoms with van der Waals surface area (Å²) < 4.78 is 0. The van der Waals surface area contributed by atoms with Crippen molar-refractivity contribution in [3.05, 3.63) is 50.9 Å². The Hall–Kier alpha value is -1.86. The van der Waals surface area contributed by atoms with E-state index in [-0.39, 0.29) is 18.5 Å². The van der Waals surface area contributed by atoms with Crippen molar-refractivity contribution in [1.82, 2.24) is 15.2 Å². The van der Waals surface area contributed by atoms with Crippen molar-refractivity contribution in [2.45, 2.75) is 23.8 Å². The number of thioether (sulfide) groups is 1. The van der Waals surface area contributed by atoms with Crippen molar-refractivity contribution in [1.29, 1.82) is 0 Å². The fourth-order valence-corrected chi connectivity index (χ4v) is 2.42. The normalized spacial score (nSPS) is 10.5. The standard InChI is InChI=1S/C13H12ClN3O3S/c14-9-3-1-8(2-4-9)7-21-13-15-12(20)10(16-17-13)5-6-11(18)19/h1-4H,5-7H2,(H,18,19)(H,15,17,20). The van der Waals surface area contributed by atoms with Gasteiger partial charge in [-0.3, -0.25) is 14.6 Å². The van der Waals surface area contributed by atoms with Gasteiger partial charge in [-0.25, -0.2) is 0 Å². The minimum atomic E-state index is -0.975. The molecule has 0 bridgehead atoms. The highest BCUT2D eigenvalue weighted by Gasteiger charge is 2.08. The van der Waals surface area contributed by atoms with Crippen molar-refractivity contribution in [2.75, 3.05) is 0 Å². The van der Waals surface area contributed by atoms with Crippen LogP contribution in [0.25, 0.3) is 0 Å². The molecule has 1 aromatic carbocycles. The SMILES string of the molecule is O=C(O)CCc1nnc(SCc2ccc(Cl)cc2)[nH]c1=O. The summed E-state index contributed by atoms with van der Waals surface area (Å²) in [5.74, 6) is -0.353. The Morgan fingerprint density at radius 2 is 2.00 bits per heavy atom. The number of aryl methyl sites for hydroxylation is 1. The molecule has 0 aliphatic rings. The van der Waals surface area contributed by atoms with E-state index in [1.165, 1.54) is 11.8 Å². The zero-order valence-corrected chi connectivity index (χ0v) is 12.4. The third-order valence-electron chi connectivity index (χ3n) is 2.61. The summed E-state index contributed by atoms with van der Waals surface area (Å²) in [6, 6.07) is 7.37. The summed E-state index contributed by atoms with van der Waals surface area (Å²) in [5, 5.41) is 17.3. The number of hydrogen-bond donors (Lipinski definition) is 2. The number of hydrogen-bond acceptors (Lipinski definition) is 5. The third kappa shape index (κ3) is 4.87. The first-order chi connectivity index (χ1) is 10.0. The van der Waals surface area contributed by atoms with Crippen molar-refractivity contribution in [3.63, 3.8) is 0 Å². The average molecular weight is 326 g/mol. The first-order valence-electron chi connectivity index (χ1n) is 6.09. The van der Waals surface area contributed by atoms with Gasteiger partial charge in [-0.1, -0.05) is 35.5 Å². The number of aliphatic carboxylic acids is 1. The first-order valence-corrected chi connectivity index (χ1v) is 7.46. The molecule has 6 nitrogen and oxygen atoms in total. The number of carbonyl (C=O) groups is 1. The molecule has 0 aliphatic carbocycles. The molecule has 110 valence electrons. The van der Waals surface area contributed by atoms with Gasteiger partial charge in [0.15, 0.2) is 5.16 Å². The molecule has 0 spiro atoms. The molecule has 1 aromatic heterocycles. The van der Waals surface area contributed by atoms with Gasteiger partial charge in [0.2, 0.25) is 0 Å². The molecule has 0 atom stereocenters. The molecule has 0 aliphatic heterocycles. The van der Waals surface area contributed by atoms with E-state index in [9.17, 15) is 9.59 Å². The number of carboxylic acid groups (broad SMARTS) is 1. The molecule has 2 N–H and O–H groups in total. The fraction of sp³-hybridized carbons (Fsp3) is 0.231. The Morgan fingerprint density at radius 1 is 1.29 bits per heavy atom. The Balaban J connectivity index is 1.98. The summed E-state index contributed by atoms with van der Waals surface area (Å²) in [6.07, 6.45) is -0.0746. The summed E-state index contributed by atoms with van der Waals surface area (Å²) in [6.45, 7) is 0. The highest BCUT2D eigenvalue weighted by atomic mass is 35.5. The van der Waals surface area contributed by atoms with Crippen LogP contribution >= 0.6 is 23.4 Å². The van der Waals surface area contributed by atoms with Gasteiger partial charge >= 0.3 is 5.97 Å². The third-order valence-corrected chi connectivity index (χ3v) is 3.80. The van der Waals surface area contributed by atoms with Crippen LogP contribution in [0.15, 0.2) is 34.2 Å². The Morgan fingerprint density at radius 3 is 2.62 bits per heavy atom. The summed E-state index contributed by atoms with van der Waals surface area (Å²) >= 11 is 7.14. The van der Waals surface area contributed by atoms with Crippen LogP contribution in [0.5, 0.6) is 0 Å². The van der Waals surface area contributed by atoms with Gasteiger partial charge in [0.1, 0.15) is 5.69 Å². The molecule has 21 heavy (non-hydrogen) atoms. The van der Waals surface area contributed by atoms with E-state index in [1.54, 1.807) is 12.1 Å². The number of benzene rings is 1. The van der Waals surface area contributed by atoms with Crippen LogP contribution in [0.4, 0.5) is 0 Å². The molecular weight excluding hydrogens is 314 g/mol. The number of aromatic amines is 1. The molecule has 8 heteroatoms. The predicted octanol–water partition coefficient (Wildman–Crippen LogP) is 2.13. The molecule has 0 unspecified atom stereocenters. The number of nitrogens with one attached hydrogen (secondary N) is 1. The number of aromatic nitrogens is 3. The monoisotopic (exact) mass is 325 g/mol. The molecule has 0 fully saturated rings. The lowest BCUT2D eigenvalue weighted by Crippen LogP contribution is -2.18. The molecule has 0 amide bonds. The van der Waals surface area contributed by atoms with Gasteiger partial charge in [0.25, 0.3) is 5.56 Å². The van der Waals surface area contributed by atoms with Gasteiger partial charge in [-0.2, -0.15) is 0 Å². The number of carboxylic acids is 1. The zero-order valence-electron chi connectivity index (χ0n) is 10.9. The Kier molecular flexibility index (Phi) is 5.35. The van der Waals surface area contributed by atoms with E-state index in [1.807, 2.05) is 12.1 Å². The Labute approximate surface area is 129 Å². The van der Waals surface area contributed by atoms with E-state index < -0.39 is 11.5 Å². The van der Waals surface area contributed by atoms with Crippen LogP contribution < -0.4 is 5.56 Å². The van der Waals surface area contributed by atoms with E-state index in [4.69, 9.17) is 16.7 Å². The molecule has 2 rings (SSSR count). The maximum atomic E-state index is 11.7. The minimum absolute atomic E-state index is 0.0692. The second-order valence-corrected chi connectivity index (χ2v) is 5.62. The molecular formula is C13H12ClN3O3S. The van der Waals surface area contributed by atoms with Crippen molar-refractivity contribution in [2.24, 2.45) is 0 Å². The lowest BCUT2D eigenvalue weighted by molar-refractivity contribution is -0.136. The highest BCUT2D eigenvalue weighted by Crippen LogP contribution is 2.19. The quantitative estimate of drug-likeness (QED) is 0.790. The van der Waals surface area contributed by atoms with Crippen molar-refractivity contribution in [3.8, 4) is 0 Å². The summed E-state index contributed by atoms with van der Waals surface area (Å²) in [5.41, 5.74) is 0.778. The number of halogens is 1. The van der Waals surface area contributed by atoms with Crippen LogP contribution in [-0.2, 0) is 17.0 Å². The first kappa shape index (κ1) is 15.5. The number of rotatable bonds is 6. The zero-order chi connectivity index (χ0) is 15.2. The van der Waals surface area contributed by atoms with Crippen molar-refractivity contribution < 1.29 is 9.90 Å². The fourth-order valence-electron chi connectivity index (χ4n) is 1.53. The van der Waals surface area contributed by atoms with Gasteiger partial charge < -0.3 is 5.11 Å². The molecule has 0 saturated heterocycles. The maximum Gasteiger partial charge on any atom is 0.303 e. The highest BCUT2D eigenvalue weighted by molar-refractivity contribution is 7.98. The molecule has 0 radical (unpaired) electrons. The van der Waals surface area contributed by atoms with Crippen molar-refractivity contribution >= 4 is 29.3 Å². The largest absolute Gasteiger partial charge is 0.481 e. The average Bonchev–Trinajstić information content (AvgIpc) is 2.45. The van der Waals surface area contributed by atoms with Crippen LogP contribution in [0, 0.1) is 0 Å². The number of H-pyrrole nitrogens is 1.